The van der Waals surface area contributed by atoms with Gasteiger partial charge in [-0.05, 0) is 47.0 Å². The molecule has 1 aromatic carbocycles. The second-order valence-corrected chi connectivity index (χ2v) is 7.32. The number of nitrogens with zero attached hydrogens (tertiary/aromatic N) is 1. The maximum absolute atomic E-state index is 12.4. The Balaban J connectivity index is 2.38. The Kier molecular flexibility index (Phi) is 4.33. The van der Waals surface area contributed by atoms with Crippen molar-refractivity contribution in [1.82, 2.24) is 4.31 Å². The lowest BCUT2D eigenvalue weighted by molar-refractivity contribution is 0.213. The minimum atomic E-state index is -3.55. The Morgan fingerprint density at radius 2 is 2.22 bits per heavy atom. The van der Waals surface area contributed by atoms with E-state index in [2.05, 4.69) is 15.9 Å². The van der Waals surface area contributed by atoms with Crippen LogP contribution in [0, 0.1) is 0 Å². The van der Waals surface area contributed by atoms with E-state index in [0.717, 1.165) is 6.42 Å². The van der Waals surface area contributed by atoms with Crippen LogP contribution in [-0.4, -0.2) is 37.0 Å². The Morgan fingerprint density at radius 1 is 1.50 bits per heavy atom. The highest BCUT2D eigenvalue weighted by Crippen LogP contribution is 2.30. The van der Waals surface area contributed by atoms with E-state index in [9.17, 15) is 13.5 Å². The van der Waals surface area contributed by atoms with Crippen molar-refractivity contribution < 1.29 is 13.5 Å². The molecule has 1 aliphatic rings. The van der Waals surface area contributed by atoms with Crippen LogP contribution in [0.4, 0.5) is 0 Å². The normalized spacial score (nSPS) is 21.4. The van der Waals surface area contributed by atoms with E-state index < -0.39 is 10.0 Å². The summed E-state index contributed by atoms with van der Waals surface area (Å²) in [5, 5.41) is 9.68. The van der Waals surface area contributed by atoms with E-state index in [4.69, 9.17) is 11.6 Å². The third kappa shape index (κ3) is 2.58. The predicted molar refractivity (Wildman–Crippen MR) is 73.2 cm³/mol. The Labute approximate surface area is 120 Å². The maximum atomic E-state index is 12.4. The van der Waals surface area contributed by atoms with Crippen LogP contribution < -0.4 is 0 Å². The van der Waals surface area contributed by atoms with Gasteiger partial charge in [-0.1, -0.05) is 11.6 Å². The van der Waals surface area contributed by atoms with Crippen LogP contribution in [0.25, 0.3) is 0 Å². The van der Waals surface area contributed by atoms with E-state index in [1.807, 2.05) is 0 Å². The monoisotopic (exact) mass is 353 g/mol. The molecule has 4 nitrogen and oxygen atoms in total. The van der Waals surface area contributed by atoms with Crippen LogP contribution in [-0.2, 0) is 10.0 Å². The molecule has 0 bridgehead atoms. The molecule has 0 radical (unpaired) electrons. The molecule has 0 amide bonds. The van der Waals surface area contributed by atoms with E-state index in [0.29, 0.717) is 22.5 Å². The van der Waals surface area contributed by atoms with E-state index in [1.165, 1.54) is 16.4 Å². The van der Waals surface area contributed by atoms with Crippen LogP contribution in [0.2, 0.25) is 5.02 Å². The second-order valence-electron chi connectivity index (χ2n) is 4.17. The van der Waals surface area contributed by atoms with Gasteiger partial charge < -0.3 is 5.11 Å². The van der Waals surface area contributed by atoms with Crippen molar-refractivity contribution in [2.24, 2.45) is 0 Å². The lowest BCUT2D eigenvalue weighted by Crippen LogP contribution is -2.37. The highest BCUT2D eigenvalue weighted by molar-refractivity contribution is 9.10. The minimum absolute atomic E-state index is 0.145. The van der Waals surface area contributed by atoms with E-state index in [-0.39, 0.29) is 17.5 Å². The fourth-order valence-corrected chi connectivity index (χ4v) is 4.44. The van der Waals surface area contributed by atoms with Gasteiger partial charge in [0, 0.05) is 17.1 Å². The number of aliphatic hydroxyl groups excluding tert-OH is 1. The predicted octanol–water partition coefficient (Wildman–Crippen LogP) is 2.25. The smallest absolute Gasteiger partial charge is 0.243 e. The zero-order chi connectivity index (χ0) is 13.3. The largest absolute Gasteiger partial charge is 0.395 e. The average molecular weight is 355 g/mol. The van der Waals surface area contributed by atoms with Gasteiger partial charge in [-0.3, -0.25) is 0 Å². The Morgan fingerprint density at radius 3 is 2.83 bits per heavy atom. The summed E-state index contributed by atoms with van der Waals surface area (Å²) in [7, 11) is -3.55. The average Bonchev–Trinajstić information content (AvgIpc) is 2.81. The molecule has 0 spiro atoms. The molecular weight excluding hydrogens is 342 g/mol. The first kappa shape index (κ1) is 14.3. The summed E-state index contributed by atoms with van der Waals surface area (Å²) in [6.45, 7) is 0.307. The van der Waals surface area contributed by atoms with Gasteiger partial charge in [0.05, 0.1) is 16.5 Å². The first-order valence-electron chi connectivity index (χ1n) is 5.54. The summed E-state index contributed by atoms with van der Waals surface area (Å²) in [4.78, 5) is 0.194. The topological polar surface area (TPSA) is 57.6 Å². The fourth-order valence-electron chi connectivity index (χ4n) is 2.08. The molecule has 0 saturated carbocycles. The second kappa shape index (κ2) is 5.46. The molecule has 1 aliphatic heterocycles. The van der Waals surface area contributed by atoms with E-state index >= 15 is 0 Å². The van der Waals surface area contributed by atoms with Gasteiger partial charge in [0.25, 0.3) is 0 Å². The molecule has 7 heteroatoms. The number of rotatable bonds is 3. The maximum Gasteiger partial charge on any atom is 0.243 e. The van der Waals surface area contributed by atoms with Gasteiger partial charge in [-0.2, -0.15) is 4.31 Å². The van der Waals surface area contributed by atoms with E-state index in [1.54, 1.807) is 6.07 Å². The number of hydrogen-bond donors (Lipinski definition) is 1. The summed E-state index contributed by atoms with van der Waals surface area (Å²) in [6, 6.07) is 4.20. The van der Waals surface area contributed by atoms with Crippen molar-refractivity contribution in [2.45, 2.75) is 23.8 Å². The quantitative estimate of drug-likeness (QED) is 0.906. The summed E-state index contributed by atoms with van der Waals surface area (Å²) in [5.41, 5.74) is 0. The molecule has 1 atom stereocenters. The number of sulfonamides is 1. The highest BCUT2D eigenvalue weighted by Gasteiger charge is 2.34. The lowest BCUT2D eigenvalue weighted by Gasteiger charge is -2.22. The molecule has 1 aromatic rings. The molecule has 0 aliphatic carbocycles. The molecular formula is C11H13BrClNO3S. The molecule has 1 fully saturated rings. The van der Waals surface area contributed by atoms with Gasteiger partial charge in [0.15, 0.2) is 0 Å². The fraction of sp³-hybridized carbons (Fsp3) is 0.455. The van der Waals surface area contributed by atoms with Crippen molar-refractivity contribution in [3.8, 4) is 0 Å². The summed E-state index contributed by atoms with van der Waals surface area (Å²) in [5.74, 6) is 0. The first-order chi connectivity index (χ1) is 8.46. The zero-order valence-electron chi connectivity index (χ0n) is 9.51. The van der Waals surface area contributed by atoms with Crippen molar-refractivity contribution in [1.29, 1.82) is 0 Å². The van der Waals surface area contributed by atoms with Crippen molar-refractivity contribution in [3.05, 3.63) is 27.7 Å². The summed E-state index contributed by atoms with van der Waals surface area (Å²) < 4.78 is 26.7. The molecule has 100 valence electrons. The van der Waals surface area contributed by atoms with Gasteiger partial charge in [0.2, 0.25) is 10.0 Å². The van der Waals surface area contributed by atoms with Crippen LogP contribution in [0.1, 0.15) is 12.8 Å². The van der Waals surface area contributed by atoms with Crippen LogP contribution in [0.5, 0.6) is 0 Å². The number of hydrogen-bond acceptors (Lipinski definition) is 3. The Hall–Kier alpha value is -0.140. The first-order valence-corrected chi connectivity index (χ1v) is 8.15. The highest BCUT2D eigenvalue weighted by atomic mass is 79.9. The van der Waals surface area contributed by atoms with Gasteiger partial charge >= 0.3 is 0 Å². The van der Waals surface area contributed by atoms with Crippen molar-refractivity contribution in [2.75, 3.05) is 13.2 Å². The summed E-state index contributed by atoms with van der Waals surface area (Å²) in [6.07, 6.45) is 1.48. The van der Waals surface area contributed by atoms with Crippen molar-refractivity contribution >= 4 is 37.6 Å². The number of benzene rings is 1. The van der Waals surface area contributed by atoms with Crippen molar-refractivity contribution in [3.63, 3.8) is 0 Å². The third-order valence-electron chi connectivity index (χ3n) is 3.03. The molecule has 1 heterocycles. The molecule has 18 heavy (non-hydrogen) atoms. The third-order valence-corrected chi connectivity index (χ3v) is 6.19. The van der Waals surface area contributed by atoms with Crippen LogP contribution >= 0.6 is 27.5 Å². The van der Waals surface area contributed by atoms with Gasteiger partial charge in [0.1, 0.15) is 0 Å². The molecule has 1 saturated heterocycles. The lowest BCUT2D eigenvalue weighted by atomic mass is 10.2. The summed E-state index contributed by atoms with van der Waals surface area (Å²) >= 11 is 9.07. The number of halogens is 2. The molecule has 1 unspecified atom stereocenters. The van der Waals surface area contributed by atoms with Crippen LogP contribution in [0.3, 0.4) is 0 Å². The van der Waals surface area contributed by atoms with Gasteiger partial charge in [-0.15, -0.1) is 0 Å². The molecule has 0 aromatic heterocycles. The zero-order valence-corrected chi connectivity index (χ0v) is 12.7. The van der Waals surface area contributed by atoms with Gasteiger partial charge in [-0.25, -0.2) is 8.42 Å². The minimum Gasteiger partial charge on any atom is -0.395 e. The standard InChI is InChI=1S/C11H13BrClNO3S/c12-10-6-9(3-4-11(10)13)18(16,17)14-5-1-2-8(14)7-15/h3-4,6,8,15H,1-2,5,7H2. The molecule has 2 rings (SSSR count). The number of aliphatic hydroxyl groups is 1. The molecule has 1 N–H and O–H groups in total. The van der Waals surface area contributed by atoms with Crippen LogP contribution in [0.15, 0.2) is 27.6 Å². The SMILES string of the molecule is O=S(=O)(c1ccc(Cl)c(Br)c1)N1CCCC1CO. The Bertz CT molecular complexity index is 549.